The number of nitrogens with zero attached hydrogens (tertiary/aromatic N) is 2. The molecule has 1 saturated heterocycles. The van der Waals surface area contributed by atoms with E-state index in [1.807, 2.05) is 29.1 Å². The van der Waals surface area contributed by atoms with Crippen molar-refractivity contribution in [2.75, 3.05) is 17.3 Å². The van der Waals surface area contributed by atoms with Gasteiger partial charge in [0.15, 0.2) is 12.4 Å². The van der Waals surface area contributed by atoms with Crippen LogP contribution in [0.5, 0.6) is 0 Å². The monoisotopic (exact) mass is 657 g/mol. The molecule has 4 rings (SSSR count). The first kappa shape index (κ1) is 31.5. The Bertz CT molecular complexity index is 1380. The number of aryl methyl sites for hydroxylation is 1. The third-order valence-electron chi connectivity index (χ3n) is 6.34. The topological polar surface area (TPSA) is 154 Å². The van der Waals surface area contributed by atoms with Gasteiger partial charge in [-0.3, -0.25) is 19.3 Å². The Hall–Kier alpha value is -2.42. The molecule has 218 valence electrons. The number of fused-ring (bicyclic) bond motifs is 1. The van der Waals surface area contributed by atoms with Gasteiger partial charge >= 0.3 is 11.9 Å². The number of hydrogen-bond acceptors (Lipinski definition) is 8. The van der Waals surface area contributed by atoms with Crippen molar-refractivity contribution < 1.29 is 34.0 Å². The number of halogens is 2. The number of hydrogen-bond donors (Lipinski definition) is 4. The van der Waals surface area contributed by atoms with E-state index in [9.17, 15) is 24.3 Å². The largest absolute Gasteiger partial charge is 0.480 e. The average Bonchev–Trinajstić information content (AvgIpc) is 2.95. The third-order valence-corrected chi connectivity index (χ3v) is 10.5. The highest BCUT2D eigenvalue weighted by Crippen LogP contribution is 2.41. The summed E-state index contributed by atoms with van der Waals surface area (Å²) in [6.45, 7) is 0.625. The first-order chi connectivity index (χ1) is 19.5. The molecular formula is C26H27Cl2N4O6S3+. The van der Waals surface area contributed by atoms with Crippen LogP contribution >= 0.6 is 58.5 Å². The van der Waals surface area contributed by atoms with Gasteiger partial charge in [0, 0.05) is 44.9 Å². The van der Waals surface area contributed by atoms with E-state index in [1.165, 1.54) is 40.2 Å². The number of carbonyl (C=O) groups excluding carboxylic acids is 2. The van der Waals surface area contributed by atoms with Crippen molar-refractivity contribution in [3.8, 4) is 0 Å². The van der Waals surface area contributed by atoms with Crippen molar-refractivity contribution in [3.05, 3.63) is 64.0 Å². The fraction of sp³-hybridized carbons (Fsp3) is 0.346. The van der Waals surface area contributed by atoms with Crippen molar-refractivity contribution in [2.24, 2.45) is 5.73 Å². The molecule has 3 heterocycles. The lowest BCUT2D eigenvalue weighted by Crippen LogP contribution is -2.70. The van der Waals surface area contributed by atoms with Gasteiger partial charge in [-0.1, -0.05) is 23.2 Å². The van der Waals surface area contributed by atoms with E-state index >= 15 is 0 Å². The maximum absolute atomic E-state index is 12.9. The maximum atomic E-state index is 12.9. The number of carboxylic acid groups (broad SMARTS) is 2. The lowest BCUT2D eigenvalue weighted by atomic mass is 10.0. The van der Waals surface area contributed by atoms with Crippen molar-refractivity contribution in [1.82, 2.24) is 10.2 Å². The minimum Gasteiger partial charge on any atom is -0.480 e. The smallest absolute Gasteiger partial charge is 0.352 e. The molecule has 2 amide bonds. The summed E-state index contributed by atoms with van der Waals surface area (Å²) in [5.41, 5.74) is 6.14. The molecule has 2 aliphatic rings. The second kappa shape index (κ2) is 14.2. The molecule has 1 fully saturated rings. The number of nitrogens with two attached hydrogens (primary N) is 1. The zero-order valence-electron chi connectivity index (χ0n) is 21.5. The number of aliphatic carboxylic acids is 2. The van der Waals surface area contributed by atoms with Gasteiger partial charge < -0.3 is 21.3 Å². The Kier molecular flexibility index (Phi) is 10.9. The van der Waals surface area contributed by atoms with E-state index in [-0.39, 0.29) is 17.4 Å². The van der Waals surface area contributed by atoms with Crippen molar-refractivity contribution in [3.63, 3.8) is 0 Å². The van der Waals surface area contributed by atoms with Crippen LogP contribution in [0.4, 0.5) is 0 Å². The minimum absolute atomic E-state index is 0.0255. The number of β-lactam (4-membered cyclic amide) rings is 1. The number of carbonyl (C=O) groups is 4. The third kappa shape index (κ3) is 7.90. The van der Waals surface area contributed by atoms with Gasteiger partial charge in [0.05, 0.1) is 10.8 Å². The molecule has 0 spiro atoms. The molecule has 0 saturated carbocycles. The molecule has 2 aromatic rings. The predicted octanol–water partition coefficient (Wildman–Crippen LogP) is 3.10. The molecule has 0 aliphatic carbocycles. The molecule has 2 aliphatic heterocycles. The highest BCUT2D eigenvalue weighted by atomic mass is 35.5. The first-order valence-corrected chi connectivity index (χ1v) is 16.2. The number of benzene rings is 1. The van der Waals surface area contributed by atoms with Crippen LogP contribution in [0.3, 0.4) is 0 Å². The minimum atomic E-state index is -1.18. The molecule has 1 aromatic heterocycles. The molecule has 10 nitrogen and oxygen atoms in total. The van der Waals surface area contributed by atoms with Crippen molar-refractivity contribution >= 4 is 82.2 Å². The summed E-state index contributed by atoms with van der Waals surface area (Å²) in [5.74, 6) is -2.19. The van der Waals surface area contributed by atoms with Crippen LogP contribution in [0.1, 0.15) is 12.8 Å². The summed E-state index contributed by atoms with van der Waals surface area (Å²) in [6.07, 6.45) is 4.74. The SMILES string of the molecule is N[C@@H](CCC[n+]1ccc(SCC2=C(C(=O)O)N3C(=O)[C@H](NC(=O)CSc4cc(Cl)ccc4Cl)[C@H]3SC2)cc1)C(=O)O. The van der Waals surface area contributed by atoms with Crippen molar-refractivity contribution in [2.45, 2.75) is 46.6 Å². The van der Waals surface area contributed by atoms with Gasteiger partial charge in [-0.15, -0.1) is 35.3 Å². The van der Waals surface area contributed by atoms with Gasteiger partial charge in [-0.25, -0.2) is 9.36 Å². The van der Waals surface area contributed by atoms with Gasteiger partial charge in [0.25, 0.3) is 5.91 Å². The maximum Gasteiger partial charge on any atom is 0.352 e. The Morgan fingerprint density at radius 1 is 1.17 bits per heavy atom. The summed E-state index contributed by atoms with van der Waals surface area (Å²) in [7, 11) is 0. The van der Waals surface area contributed by atoms with E-state index in [0.717, 1.165) is 4.90 Å². The molecule has 3 atom stereocenters. The highest BCUT2D eigenvalue weighted by molar-refractivity contribution is 8.01. The highest BCUT2D eigenvalue weighted by Gasteiger charge is 2.54. The van der Waals surface area contributed by atoms with Crippen LogP contribution in [0.2, 0.25) is 10.0 Å². The van der Waals surface area contributed by atoms with E-state index in [0.29, 0.717) is 51.4 Å². The zero-order chi connectivity index (χ0) is 29.7. The van der Waals surface area contributed by atoms with Crippen LogP contribution in [-0.2, 0) is 25.7 Å². The zero-order valence-corrected chi connectivity index (χ0v) is 25.5. The van der Waals surface area contributed by atoms with Crippen LogP contribution in [0, 0.1) is 0 Å². The quantitative estimate of drug-likeness (QED) is 0.144. The number of carboxylic acids is 2. The van der Waals surface area contributed by atoms with E-state index in [2.05, 4.69) is 5.32 Å². The number of amides is 2. The summed E-state index contributed by atoms with van der Waals surface area (Å²) >= 11 is 16.2. The van der Waals surface area contributed by atoms with Crippen LogP contribution in [-0.4, -0.2) is 73.6 Å². The lowest BCUT2D eigenvalue weighted by molar-refractivity contribution is -0.697. The molecule has 41 heavy (non-hydrogen) atoms. The number of nitrogens with one attached hydrogen (secondary N) is 1. The summed E-state index contributed by atoms with van der Waals surface area (Å²) in [5, 5.41) is 22.0. The lowest BCUT2D eigenvalue weighted by Gasteiger charge is -2.49. The normalized spacial score (nSPS) is 18.9. The van der Waals surface area contributed by atoms with Crippen LogP contribution < -0.4 is 15.6 Å². The standard InChI is InChI=1S/C26H26Cl2N4O6S3/c27-15-3-4-17(28)19(10-15)40-13-20(33)30-21-23(34)32-22(26(37)38)14(12-41-24(21)32)11-39-16-5-8-31(9-6-16)7-1-2-18(29)25(35)36/h3-6,8-10,18,21,24H,1-2,7,11-13,29H2,(H2-,30,33,35,36,37,38)/p+1/t18-,21-,24+/m0/s1. The molecule has 1 aromatic carbocycles. The second-order valence-electron chi connectivity index (χ2n) is 9.22. The Balaban J connectivity index is 1.31. The second-order valence-corrected chi connectivity index (χ2v) is 13.2. The van der Waals surface area contributed by atoms with Gasteiger partial charge in [0.1, 0.15) is 29.7 Å². The van der Waals surface area contributed by atoms with E-state index in [4.69, 9.17) is 34.0 Å². The fourth-order valence-corrected chi connectivity index (χ4v) is 7.89. The molecule has 15 heteroatoms. The molecule has 0 radical (unpaired) electrons. The number of pyridine rings is 1. The van der Waals surface area contributed by atoms with Crippen LogP contribution in [0.15, 0.2) is 63.8 Å². The molecular weight excluding hydrogens is 631 g/mol. The van der Waals surface area contributed by atoms with Gasteiger partial charge in [-0.2, -0.15) is 0 Å². The number of aromatic nitrogens is 1. The van der Waals surface area contributed by atoms with Crippen LogP contribution in [0.25, 0.3) is 0 Å². The molecule has 5 N–H and O–H groups in total. The Labute approximate surface area is 259 Å². The van der Waals surface area contributed by atoms with E-state index in [1.54, 1.807) is 18.2 Å². The molecule has 0 bridgehead atoms. The van der Waals surface area contributed by atoms with Gasteiger partial charge in [0.2, 0.25) is 5.91 Å². The molecule has 0 unspecified atom stereocenters. The number of thioether (sulfide) groups is 3. The predicted molar refractivity (Wildman–Crippen MR) is 159 cm³/mol. The number of rotatable bonds is 13. The van der Waals surface area contributed by atoms with E-state index < -0.39 is 35.3 Å². The summed E-state index contributed by atoms with van der Waals surface area (Å²) < 4.78 is 1.93. The van der Waals surface area contributed by atoms with Crippen molar-refractivity contribution in [1.29, 1.82) is 0 Å². The summed E-state index contributed by atoms with van der Waals surface area (Å²) in [6, 6.07) is 7.07. The summed E-state index contributed by atoms with van der Waals surface area (Å²) in [4.78, 5) is 51.3. The average molecular weight is 659 g/mol. The fourth-order valence-electron chi connectivity index (χ4n) is 4.22. The van der Waals surface area contributed by atoms with Gasteiger partial charge in [-0.05, 0) is 30.2 Å². The Morgan fingerprint density at radius 3 is 2.59 bits per heavy atom. The Morgan fingerprint density at radius 2 is 1.90 bits per heavy atom. The first-order valence-electron chi connectivity index (χ1n) is 12.4.